The standard InChI is InChI=1S/C23H34N4O4/c1-5-16(3)27-13-11-26(12-14-27)15-19-20(22(28)31-6-2)21(25-23(29)24-19)17-7-9-18(30-4)10-8-17/h7-10,16,21H,5-6,11-15H2,1-4H3,(H2,24,25,29)/t16-,21+/m1/s1. The van der Waals surface area contributed by atoms with Gasteiger partial charge in [0.1, 0.15) is 5.75 Å². The molecule has 0 unspecified atom stereocenters. The maximum absolute atomic E-state index is 12.9. The van der Waals surface area contributed by atoms with E-state index in [4.69, 9.17) is 9.47 Å². The zero-order valence-electron chi connectivity index (χ0n) is 18.9. The lowest BCUT2D eigenvalue weighted by molar-refractivity contribution is -0.139. The van der Waals surface area contributed by atoms with E-state index in [9.17, 15) is 9.59 Å². The van der Waals surface area contributed by atoms with Gasteiger partial charge in [-0.25, -0.2) is 9.59 Å². The van der Waals surface area contributed by atoms with E-state index in [2.05, 4.69) is 34.3 Å². The van der Waals surface area contributed by atoms with Gasteiger partial charge in [0.15, 0.2) is 0 Å². The van der Waals surface area contributed by atoms with Crippen molar-refractivity contribution in [3.8, 4) is 5.75 Å². The van der Waals surface area contributed by atoms with Crippen molar-refractivity contribution in [3.05, 3.63) is 41.1 Å². The highest BCUT2D eigenvalue weighted by Gasteiger charge is 2.34. The Kier molecular flexibility index (Phi) is 7.92. The summed E-state index contributed by atoms with van der Waals surface area (Å²) >= 11 is 0. The van der Waals surface area contributed by atoms with Gasteiger partial charge in [0.05, 0.1) is 25.3 Å². The fraction of sp³-hybridized carbons (Fsp3) is 0.565. The Hall–Kier alpha value is -2.58. The first-order chi connectivity index (χ1) is 15.0. The van der Waals surface area contributed by atoms with Crippen LogP contribution in [0, 0.1) is 0 Å². The first-order valence-corrected chi connectivity index (χ1v) is 11.0. The van der Waals surface area contributed by atoms with E-state index in [1.54, 1.807) is 14.0 Å². The maximum Gasteiger partial charge on any atom is 0.338 e. The number of methoxy groups -OCH3 is 1. The van der Waals surface area contributed by atoms with Crippen molar-refractivity contribution in [1.82, 2.24) is 20.4 Å². The van der Waals surface area contributed by atoms with Gasteiger partial charge >= 0.3 is 12.0 Å². The van der Waals surface area contributed by atoms with Crippen molar-refractivity contribution in [1.29, 1.82) is 0 Å². The van der Waals surface area contributed by atoms with Gasteiger partial charge in [-0.3, -0.25) is 9.80 Å². The van der Waals surface area contributed by atoms with Gasteiger partial charge in [0, 0.05) is 44.5 Å². The molecule has 0 aromatic heterocycles. The average Bonchev–Trinajstić information content (AvgIpc) is 2.79. The third-order valence-electron chi connectivity index (χ3n) is 6.10. The lowest BCUT2D eigenvalue weighted by Crippen LogP contribution is -2.53. The van der Waals surface area contributed by atoms with Gasteiger partial charge in [0.25, 0.3) is 0 Å². The molecule has 170 valence electrons. The number of piperazine rings is 1. The summed E-state index contributed by atoms with van der Waals surface area (Å²) in [5.41, 5.74) is 1.87. The van der Waals surface area contributed by atoms with E-state index in [1.165, 1.54) is 0 Å². The maximum atomic E-state index is 12.9. The van der Waals surface area contributed by atoms with Crippen LogP contribution in [0.15, 0.2) is 35.5 Å². The van der Waals surface area contributed by atoms with E-state index in [0.29, 0.717) is 29.6 Å². The lowest BCUT2D eigenvalue weighted by Gasteiger charge is -2.39. The molecule has 8 heteroatoms. The number of benzene rings is 1. The predicted molar refractivity (Wildman–Crippen MR) is 119 cm³/mol. The summed E-state index contributed by atoms with van der Waals surface area (Å²) in [7, 11) is 1.60. The molecule has 2 aliphatic rings. The number of hydrogen-bond acceptors (Lipinski definition) is 6. The molecule has 2 aliphatic heterocycles. The molecule has 1 fully saturated rings. The number of rotatable bonds is 8. The molecule has 0 aliphatic carbocycles. The largest absolute Gasteiger partial charge is 0.497 e. The molecule has 3 rings (SSSR count). The van der Waals surface area contributed by atoms with Crippen LogP contribution in [-0.4, -0.2) is 74.3 Å². The summed E-state index contributed by atoms with van der Waals surface area (Å²) in [4.78, 5) is 30.2. The molecule has 31 heavy (non-hydrogen) atoms. The lowest BCUT2D eigenvalue weighted by atomic mass is 9.94. The molecule has 2 atom stereocenters. The summed E-state index contributed by atoms with van der Waals surface area (Å²) in [6, 6.07) is 7.03. The Balaban J connectivity index is 1.85. The van der Waals surface area contributed by atoms with Crippen LogP contribution in [0.2, 0.25) is 0 Å². The predicted octanol–water partition coefficient (Wildman–Crippen LogP) is 2.28. The first-order valence-electron chi connectivity index (χ1n) is 11.0. The summed E-state index contributed by atoms with van der Waals surface area (Å²) in [5.74, 6) is 0.300. The summed E-state index contributed by atoms with van der Waals surface area (Å²) in [5, 5.41) is 5.75. The molecule has 1 aromatic carbocycles. The number of urea groups is 1. The molecule has 2 heterocycles. The Morgan fingerprint density at radius 2 is 1.84 bits per heavy atom. The minimum atomic E-state index is -0.574. The van der Waals surface area contributed by atoms with Crippen molar-refractivity contribution >= 4 is 12.0 Å². The fourth-order valence-electron chi connectivity index (χ4n) is 4.08. The van der Waals surface area contributed by atoms with Crippen LogP contribution >= 0.6 is 0 Å². The average molecular weight is 431 g/mol. The topological polar surface area (TPSA) is 83.1 Å². The highest BCUT2D eigenvalue weighted by Crippen LogP contribution is 2.29. The summed E-state index contributed by atoms with van der Waals surface area (Å²) in [6.45, 7) is 10.7. The second-order valence-electron chi connectivity index (χ2n) is 7.99. The number of hydrogen-bond donors (Lipinski definition) is 2. The molecular formula is C23H34N4O4. The zero-order valence-corrected chi connectivity index (χ0v) is 18.9. The van der Waals surface area contributed by atoms with Crippen LogP contribution in [0.4, 0.5) is 4.79 Å². The van der Waals surface area contributed by atoms with Gasteiger partial charge in [0.2, 0.25) is 0 Å². The number of carbonyl (C=O) groups is 2. The minimum Gasteiger partial charge on any atom is -0.497 e. The zero-order chi connectivity index (χ0) is 22.4. The van der Waals surface area contributed by atoms with Crippen molar-refractivity contribution in [2.75, 3.05) is 46.4 Å². The van der Waals surface area contributed by atoms with Gasteiger partial charge in [-0.2, -0.15) is 0 Å². The van der Waals surface area contributed by atoms with Gasteiger partial charge in [-0.05, 0) is 38.0 Å². The molecule has 0 saturated carbocycles. The second kappa shape index (κ2) is 10.6. The highest BCUT2D eigenvalue weighted by atomic mass is 16.5. The van der Waals surface area contributed by atoms with E-state index in [-0.39, 0.29) is 12.6 Å². The number of carbonyl (C=O) groups excluding carboxylic acids is 2. The highest BCUT2D eigenvalue weighted by molar-refractivity contribution is 5.95. The molecule has 1 saturated heterocycles. The Bertz CT molecular complexity index is 800. The van der Waals surface area contributed by atoms with Crippen LogP contribution in [0.1, 0.15) is 38.8 Å². The number of nitrogens with one attached hydrogen (secondary N) is 2. The van der Waals surface area contributed by atoms with Crippen LogP contribution in [-0.2, 0) is 9.53 Å². The second-order valence-corrected chi connectivity index (χ2v) is 7.99. The molecule has 0 spiro atoms. The van der Waals surface area contributed by atoms with Crippen LogP contribution in [0.5, 0.6) is 5.75 Å². The van der Waals surface area contributed by atoms with Gasteiger partial charge < -0.3 is 20.1 Å². The number of nitrogens with zero attached hydrogens (tertiary/aromatic N) is 2. The molecule has 2 amide bonds. The summed E-state index contributed by atoms with van der Waals surface area (Å²) < 4.78 is 10.6. The van der Waals surface area contributed by atoms with E-state index < -0.39 is 12.0 Å². The first kappa shape index (κ1) is 23.1. The Labute approximate surface area is 184 Å². The van der Waals surface area contributed by atoms with E-state index in [0.717, 1.165) is 38.2 Å². The van der Waals surface area contributed by atoms with E-state index >= 15 is 0 Å². The van der Waals surface area contributed by atoms with E-state index in [1.807, 2.05) is 24.3 Å². The molecule has 2 N–H and O–H groups in total. The molecule has 8 nitrogen and oxygen atoms in total. The third kappa shape index (κ3) is 5.57. The van der Waals surface area contributed by atoms with Gasteiger partial charge in [-0.15, -0.1) is 0 Å². The van der Waals surface area contributed by atoms with Crippen molar-refractivity contribution in [2.45, 2.75) is 39.3 Å². The minimum absolute atomic E-state index is 0.270. The number of ether oxygens (including phenoxy) is 2. The number of esters is 1. The van der Waals surface area contributed by atoms with Gasteiger partial charge in [-0.1, -0.05) is 19.1 Å². The quantitative estimate of drug-likeness (QED) is 0.616. The monoisotopic (exact) mass is 430 g/mol. The fourth-order valence-corrected chi connectivity index (χ4v) is 4.08. The Morgan fingerprint density at radius 1 is 1.16 bits per heavy atom. The third-order valence-corrected chi connectivity index (χ3v) is 6.10. The van der Waals surface area contributed by atoms with Crippen LogP contribution < -0.4 is 15.4 Å². The molecule has 0 bridgehead atoms. The summed E-state index contributed by atoms with van der Waals surface area (Å²) in [6.07, 6.45) is 1.13. The smallest absolute Gasteiger partial charge is 0.338 e. The molecular weight excluding hydrogens is 396 g/mol. The Morgan fingerprint density at radius 3 is 2.42 bits per heavy atom. The van der Waals surface area contributed by atoms with Crippen molar-refractivity contribution in [3.63, 3.8) is 0 Å². The van der Waals surface area contributed by atoms with Crippen LogP contribution in [0.25, 0.3) is 0 Å². The van der Waals surface area contributed by atoms with Crippen LogP contribution in [0.3, 0.4) is 0 Å². The van der Waals surface area contributed by atoms with Crippen molar-refractivity contribution < 1.29 is 19.1 Å². The van der Waals surface area contributed by atoms with Crippen molar-refractivity contribution in [2.24, 2.45) is 0 Å². The SMILES string of the molecule is CCOC(=O)C1=C(CN2CCN([C@H](C)CC)CC2)NC(=O)N[C@H]1c1ccc(OC)cc1. The number of amides is 2. The molecule has 1 aromatic rings. The normalized spacial score (nSPS) is 21.3. The molecule has 0 radical (unpaired) electrons.